The highest BCUT2D eigenvalue weighted by molar-refractivity contribution is 6.25. The van der Waals surface area contributed by atoms with Gasteiger partial charge >= 0.3 is 0 Å². The molecule has 1 aromatic heterocycles. The Bertz CT molecular complexity index is 749. The number of hydrogen-bond acceptors (Lipinski definition) is 3. The van der Waals surface area contributed by atoms with Crippen LogP contribution in [-0.2, 0) is 9.59 Å². The fourth-order valence-corrected chi connectivity index (χ4v) is 4.78. The monoisotopic (exact) mass is 281 g/mol. The first-order valence-corrected chi connectivity index (χ1v) is 7.60. The van der Waals surface area contributed by atoms with E-state index < -0.39 is 0 Å². The molecule has 2 saturated carbocycles. The molecule has 1 saturated heterocycles. The van der Waals surface area contributed by atoms with E-state index in [1.54, 1.807) is 6.26 Å². The molecule has 2 heterocycles. The van der Waals surface area contributed by atoms with Gasteiger partial charge in [0.05, 0.1) is 17.5 Å². The Kier molecular flexibility index (Phi) is 2.06. The second-order valence-electron chi connectivity index (χ2n) is 6.51. The predicted molar refractivity (Wildman–Crippen MR) is 76.5 cm³/mol. The van der Waals surface area contributed by atoms with Gasteiger partial charge in [0.15, 0.2) is 0 Å². The van der Waals surface area contributed by atoms with E-state index in [1.165, 1.54) is 4.90 Å². The third-order valence-corrected chi connectivity index (χ3v) is 5.63. The Morgan fingerprint density at radius 3 is 2.38 bits per heavy atom. The van der Waals surface area contributed by atoms with Crippen molar-refractivity contribution < 1.29 is 14.0 Å². The molecule has 21 heavy (non-hydrogen) atoms. The van der Waals surface area contributed by atoms with Crippen LogP contribution in [0.1, 0.15) is 19.3 Å². The highest BCUT2D eigenvalue weighted by Gasteiger charge is 2.61. The van der Waals surface area contributed by atoms with Gasteiger partial charge in [0.2, 0.25) is 11.8 Å². The van der Waals surface area contributed by atoms with Gasteiger partial charge in [-0.3, -0.25) is 9.59 Å². The van der Waals surface area contributed by atoms with Crippen LogP contribution in [0, 0.1) is 23.7 Å². The summed E-state index contributed by atoms with van der Waals surface area (Å²) in [6, 6.07) is 7.54. The molecule has 1 aromatic carbocycles. The molecule has 0 radical (unpaired) electrons. The summed E-state index contributed by atoms with van der Waals surface area (Å²) >= 11 is 0. The summed E-state index contributed by atoms with van der Waals surface area (Å²) in [7, 11) is 0. The largest absolute Gasteiger partial charge is 0.462 e. The first-order chi connectivity index (χ1) is 10.3. The Labute approximate surface area is 121 Å². The lowest BCUT2D eigenvalue weighted by Gasteiger charge is -2.19. The predicted octanol–water partition coefficient (Wildman–Crippen LogP) is 2.97. The number of hydrogen-bond donors (Lipinski definition) is 0. The molecule has 106 valence electrons. The van der Waals surface area contributed by atoms with E-state index in [2.05, 4.69) is 0 Å². The highest BCUT2D eigenvalue weighted by atomic mass is 16.3. The Hall–Kier alpha value is -2.10. The van der Waals surface area contributed by atoms with Gasteiger partial charge in [0.25, 0.3) is 0 Å². The van der Waals surface area contributed by atoms with Gasteiger partial charge in [-0.2, -0.15) is 0 Å². The number of benzene rings is 1. The summed E-state index contributed by atoms with van der Waals surface area (Å²) in [5, 5.41) is 0.839. The van der Waals surface area contributed by atoms with Crippen molar-refractivity contribution >= 4 is 28.5 Å². The van der Waals surface area contributed by atoms with E-state index in [-0.39, 0.29) is 23.7 Å². The molecule has 5 rings (SSSR count). The smallest absolute Gasteiger partial charge is 0.238 e. The maximum atomic E-state index is 12.8. The topological polar surface area (TPSA) is 50.5 Å². The lowest BCUT2D eigenvalue weighted by atomic mass is 9.81. The van der Waals surface area contributed by atoms with Gasteiger partial charge < -0.3 is 4.42 Å². The zero-order valence-corrected chi connectivity index (χ0v) is 11.5. The molecule has 4 heteroatoms. The van der Waals surface area contributed by atoms with Crippen LogP contribution in [0.2, 0.25) is 0 Å². The summed E-state index contributed by atoms with van der Waals surface area (Å²) in [6.45, 7) is 0. The minimum atomic E-state index is -0.0788. The average Bonchev–Trinajstić information content (AvgIpc) is 3.23. The van der Waals surface area contributed by atoms with Crippen LogP contribution in [0.3, 0.4) is 0 Å². The van der Waals surface area contributed by atoms with Crippen molar-refractivity contribution in [1.82, 2.24) is 0 Å². The molecule has 0 unspecified atom stereocenters. The molecule has 2 amide bonds. The van der Waals surface area contributed by atoms with E-state index in [9.17, 15) is 9.59 Å². The van der Waals surface area contributed by atoms with Crippen LogP contribution in [0.4, 0.5) is 5.69 Å². The molecule has 2 aliphatic carbocycles. The number of carbonyl (C=O) groups excluding carboxylic acids is 2. The van der Waals surface area contributed by atoms with Gasteiger partial charge in [0, 0.05) is 5.39 Å². The minimum absolute atomic E-state index is 0.0104. The van der Waals surface area contributed by atoms with E-state index in [0.29, 0.717) is 23.1 Å². The quantitative estimate of drug-likeness (QED) is 0.755. The van der Waals surface area contributed by atoms with Crippen molar-refractivity contribution in [3.63, 3.8) is 0 Å². The van der Waals surface area contributed by atoms with Crippen molar-refractivity contribution in [2.24, 2.45) is 23.7 Å². The van der Waals surface area contributed by atoms with Crippen LogP contribution in [0.25, 0.3) is 11.0 Å². The Morgan fingerprint density at radius 2 is 1.67 bits per heavy atom. The summed E-state index contributed by atoms with van der Waals surface area (Å²) in [5.41, 5.74) is 1.34. The van der Waals surface area contributed by atoms with E-state index >= 15 is 0 Å². The number of para-hydroxylation sites is 1. The van der Waals surface area contributed by atoms with Gasteiger partial charge in [0.1, 0.15) is 11.8 Å². The number of nitrogens with zero attached hydrogens (tertiary/aromatic N) is 1. The molecule has 1 aliphatic heterocycles. The first kappa shape index (κ1) is 11.5. The van der Waals surface area contributed by atoms with Crippen molar-refractivity contribution in [2.45, 2.75) is 19.3 Å². The lowest BCUT2D eigenvalue weighted by molar-refractivity contribution is -0.123. The molecule has 0 spiro atoms. The minimum Gasteiger partial charge on any atom is -0.462 e. The third-order valence-electron chi connectivity index (χ3n) is 5.63. The lowest BCUT2D eigenvalue weighted by Crippen LogP contribution is -2.32. The third kappa shape index (κ3) is 1.30. The molecule has 4 atom stereocenters. The highest BCUT2D eigenvalue weighted by Crippen LogP contribution is 2.57. The number of anilines is 1. The standard InChI is InChI=1S/C17H15NO3/c19-16-14-9-5-6-10(7-9)15(14)17(20)18(16)12-8-21-13-4-2-1-3-11(12)13/h1-4,8-10,14-15H,5-7H2/t9-,10+,14-,15+. The van der Waals surface area contributed by atoms with Crippen molar-refractivity contribution in [2.75, 3.05) is 4.90 Å². The van der Waals surface area contributed by atoms with Crippen LogP contribution in [-0.4, -0.2) is 11.8 Å². The van der Waals surface area contributed by atoms with Crippen molar-refractivity contribution in [1.29, 1.82) is 0 Å². The first-order valence-electron chi connectivity index (χ1n) is 7.60. The molecule has 2 aromatic rings. The zero-order chi connectivity index (χ0) is 14.1. The molecular weight excluding hydrogens is 266 g/mol. The van der Waals surface area contributed by atoms with Crippen molar-refractivity contribution in [3.05, 3.63) is 30.5 Å². The van der Waals surface area contributed by atoms with Crippen molar-refractivity contribution in [3.8, 4) is 0 Å². The second-order valence-corrected chi connectivity index (χ2v) is 6.51. The van der Waals surface area contributed by atoms with E-state index in [4.69, 9.17) is 4.42 Å². The van der Waals surface area contributed by atoms with Crippen LogP contribution in [0.15, 0.2) is 34.9 Å². The number of carbonyl (C=O) groups is 2. The maximum absolute atomic E-state index is 12.8. The van der Waals surface area contributed by atoms with Gasteiger partial charge in [-0.05, 0) is 43.2 Å². The number of amides is 2. The van der Waals surface area contributed by atoms with E-state index in [0.717, 1.165) is 24.6 Å². The molecule has 4 nitrogen and oxygen atoms in total. The zero-order valence-electron chi connectivity index (χ0n) is 11.5. The van der Waals surface area contributed by atoms with Gasteiger partial charge in [-0.15, -0.1) is 0 Å². The van der Waals surface area contributed by atoms with E-state index in [1.807, 2.05) is 24.3 Å². The number of imide groups is 1. The van der Waals surface area contributed by atoms with Gasteiger partial charge in [-0.1, -0.05) is 12.1 Å². The number of furan rings is 1. The number of fused-ring (bicyclic) bond motifs is 6. The molecule has 0 N–H and O–H groups in total. The normalized spacial score (nSPS) is 34.2. The summed E-state index contributed by atoms with van der Waals surface area (Å²) in [5.74, 6) is 0.654. The SMILES string of the molecule is O=C1[C@@H]2[C@@H]3CC[C@@H](C3)[C@@H]2C(=O)N1c1coc2ccccc12. The molecule has 2 bridgehead atoms. The number of rotatable bonds is 1. The molecule has 3 fully saturated rings. The fourth-order valence-electron chi connectivity index (χ4n) is 4.78. The fraction of sp³-hybridized carbons (Fsp3) is 0.412. The Balaban J connectivity index is 1.64. The van der Waals surface area contributed by atoms with Gasteiger partial charge in [-0.25, -0.2) is 4.90 Å². The summed E-state index contributed by atoms with van der Waals surface area (Å²) in [4.78, 5) is 27.0. The molecule has 3 aliphatic rings. The molecular formula is C17H15NO3. The summed E-state index contributed by atoms with van der Waals surface area (Å²) in [6.07, 6.45) is 4.81. The van der Waals surface area contributed by atoms with Crippen LogP contribution >= 0.6 is 0 Å². The average molecular weight is 281 g/mol. The van der Waals surface area contributed by atoms with Crippen LogP contribution < -0.4 is 4.90 Å². The second kappa shape index (κ2) is 3.75. The van der Waals surface area contributed by atoms with Crippen LogP contribution in [0.5, 0.6) is 0 Å². The Morgan fingerprint density at radius 1 is 1.00 bits per heavy atom. The summed E-state index contributed by atoms with van der Waals surface area (Å²) < 4.78 is 5.50. The maximum Gasteiger partial charge on any atom is 0.238 e.